The van der Waals surface area contributed by atoms with E-state index < -0.39 is 5.97 Å². The van der Waals surface area contributed by atoms with Crippen LogP contribution in [0.3, 0.4) is 0 Å². The minimum absolute atomic E-state index is 0.0828. The first kappa shape index (κ1) is 27.6. The number of carbonyl (C=O) groups is 2. The van der Waals surface area contributed by atoms with E-state index in [1.54, 1.807) is 19.1 Å². The number of carbonyl (C=O) groups excluding carboxylic acids is 1. The third-order valence-electron chi connectivity index (χ3n) is 8.19. The van der Waals surface area contributed by atoms with Gasteiger partial charge in [0, 0.05) is 32.1 Å². The number of carboxylic acid groups (broad SMARTS) is 1. The molecule has 5 rings (SSSR count). The van der Waals surface area contributed by atoms with Crippen molar-refractivity contribution in [2.75, 3.05) is 11.4 Å². The lowest BCUT2D eigenvalue weighted by atomic mass is 9.89. The first-order valence-electron chi connectivity index (χ1n) is 14.6. The zero-order valence-corrected chi connectivity index (χ0v) is 23.6. The number of rotatable bonds is 10. The van der Waals surface area contributed by atoms with Crippen LogP contribution in [0.1, 0.15) is 80.5 Å². The van der Waals surface area contributed by atoms with Gasteiger partial charge in [-0.3, -0.25) is 4.79 Å². The Balaban J connectivity index is 1.47. The Morgan fingerprint density at radius 3 is 2.45 bits per heavy atom. The van der Waals surface area contributed by atoms with Gasteiger partial charge < -0.3 is 14.6 Å². The molecular formula is C34H39N3O3. The highest BCUT2D eigenvalue weighted by Gasteiger charge is 2.22. The van der Waals surface area contributed by atoms with Crippen molar-refractivity contribution in [1.29, 1.82) is 0 Å². The number of aromatic carboxylic acids is 1. The molecule has 3 aromatic carbocycles. The van der Waals surface area contributed by atoms with Gasteiger partial charge in [0.2, 0.25) is 5.91 Å². The molecule has 1 aromatic heterocycles. The first-order chi connectivity index (χ1) is 19.4. The average Bonchev–Trinajstić information content (AvgIpc) is 3.31. The molecule has 1 fully saturated rings. The van der Waals surface area contributed by atoms with Gasteiger partial charge in [0.05, 0.1) is 16.6 Å². The highest BCUT2D eigenvalue weighted by Crippen LogP contribution is 2.30. The van der Waals surface area contributed by atoms with Gasteiger partial charge in [0.25, 0.3) is 0 Å². The number of nitrogens with zero attached hydrogens (tertiary/aromatic N) is 3. The predicted molar refractivity (Wildman–Crippen MR) is 161 cm³/mol. The molecule has 208 valence electrons. The Labute approximate surface area is 236 Å². The van der Waals surface area contributed by atoms with Crippen LogP contribution in [0.15, 0.2) is 66.7 Å². The Morgan fingerprint density at radius 2 is 1.75 bits per heavy atom. The third-order valence-corrected chi connectivity index (χ3v) is 8.19. The zero-order chi connectivity index (χ0) is 28.1. The maximum absolute atomic E-state index is 12.8. The summed E-state index contributed by atoms with van der Waals surface area (Å²) in [6, 6.07) is 21.5. The van der Waals surface area contributed by atoms with E-state index in [4.69, 9.17) is 4.98 Å². The number of unbranched alkanes of at least 4 members (excludes halogenated alkanes) is 1. The molecule has 1 saturated carbocycles. The van der Waals surface area contributed by atoms with Crippen LogP contribution in [0, 0.1) is 5.92 Å². The van der Waals surface area contributed by atoms with E-state index in [2.05, 4.69) is 35.8 Å². The summed E-state index contributed by atoms with van der Waals surface area (Å²) in [7, 11) is 0. The fraction of sp³-hybridized carbons (Fsp3) is 0.382. The van der Waals surface area contributed by atoms with Crippen molar-refractivity contribution in [2.24, 2.45) is 5.92 Å². The molecular weight excluding hydrogens is 498 g/mol. The number of carboxylic acids is 1. The lowest BCUT2D eigenvalue weighted by Crippen LogP contribution is -2.34. The second-order valence-electron chi connectivity index (χ2n) is 11.1. The Hall–Kier alpha value is -3.93. The van der Waals surface area contributed by atoms with E-state index in [1.807, 2.05) is 35.2 Å². The van der Waals surface area contributed by atoms with Gasteiger partial charge in [-0.05, 0) is 66.1 Å². The van der Waals surface area contributed by atoms with Crippen LogP contribution in [-0.2, 0) is 17.8 Å². The summed E-state index contributed by atoms with van der Waals surface area (Å²) >= 11 is 0. The molecule has 0 aliphatic heterocycles. The van der Waals surface area contributed by atoms with Crippen LogP contribution in [-0.4, -0.2) is 33.1 Å². The van der Waals surface area contributed by atoms with Gasteiger partial charge in [-0.15, -0.1) is 0 Å². The molecule has 4 aromatic rings. The fourth-order valence-electron chi connectivity index (χ4n) is 5.97. The molecule has 0 bridgehead atoms. The molecule has 6 nitrogen and oxygen atoms in total. The molecule has 0 unspecified atom stereocenters. The highest BCUT2D eigenvalue weighted by atomic mass is 16.4. The van der Waals surface area contributed by atoms with E-state index in [1.165, 1.54) is 32.1 Å². The molecule has 40 heavy (non-hydrogen) atoms. The molecule has 6 heteroatoms. The minimum Gasteiger partial charge on any atom is -0.478 e. The van der Waals surface area contributed by atoms with Crippen LogP contribution in [0.25, 0.3) is 22.2 Å². The van der Waals surface area contributed by atoms with E-state index in [9.17, 15) is 14.7 Å². The van der Waals surface area contributed by atoms with Crippen molar-refractivity contribution in [2.45, 2.75) is 71.8 Å². The number of imidazole rings is 1. The summed E-state index contributed by atoms with van der Waals surface area (Å²) in [4.78, 5) is 31.4. The standard InChI is InChI=1S/C34H39N3O3/c1-3-4-14-33-35-31-20-19-28(36(24(2)38)22-25-10-6-5-7-11-25)21-32(31)37(33)23-26-15-17-27(18-16-26)29-12-8-9-13-30(29)34(39)40/h8-9,12-13,15-21,25H,3-7,10-11,14,22-23H2,1-2H3,(H,39,40). The minimum atomic E-state index is -0.927. The third kappa shape index (κ3) is 6.11. The van der Waals surface area contributed by atoms with E-state index >= 15 is 0 Å². The van der Waals surface area contributed by atoms with Crippen LogP contribution in [0.5, 0.6) is 0 Å². The summed E-state index contributed by atoms with van der Waals surface area (Å²) < 4.78 is 2.29. The first-order valence-corrected chi connectivity index (χ1v) is 14.6. The second kappa shape index (κ2) is 12.5. The molecule has 1 amide bonds. The van der Waals surface area contributed by atoms with E-state index in [-0.39, 0.29) is 5.91 Å². The van der Waals surface area contributed by atoms with Gasteiger partial charge in [-0.25, -0.2) is 9.78 Å². The SMILES string of the molecule is CCCCc1nc2ccc(N(CC3CCCCC3)C(C)=O)cc2n1Cc1ccc(-c2ccccc2C(=O)O)cc1. The van der Waals surface area contributed by atoms with Crippen LogP contribution < -0.4 is 4.90 Å². The van der Waals surface area contributed by atoms with Gasteiger partial charge in [0.1, 0.15) is 5.82 Å². The number of hydrogen-bond acceptors (Lipinski definition) is 3. The maximum atomic E-state index is 12.8. The number of fused-ring (bicyclic) bond motifs is 1. The van der Waals surface area contributed by atoms with E-state index in [0.717, 1.165) is 59.5 Å². The number of aromatic nitrogens is 2. The lowest BCUT2D eigenvalue weighted by Gasteiger charge is -2.29. The van der Waals surface area contributed by atoms with Crippen molar-refractivity contribution >= 4 is 28.6 Å². The van der Waals surface area contributed by atoms with Gasteiger partial charge in [-0.1, -0.05) is 75.1 Å². The van der Waals surface area contributed by atoms with Crippen LogP contribution >= 0.6 is 0 Å². The van der Waals surface area contributed by atoms with Crippen molar-refractivity contribution < 1.29 is 14.7 Å². The average molecular weight is 538 g/mol. The highest BCUT2D eigenvalue weighted by molar-refractivity contribution is 5.96. The van der Waals surface area contributed by atoms with Crippen molar-refractivity contribution in [3.63, 3.8) is 0 Å². The van der Waals surface area contributed by atoms with Crippen LogP contribution in [0.2, 0.25) is 0 Å². The van der Waals surface area contributed by atoms with Crippen molar-refractivity contribution in [1.82, 2.24) is 9.55 Å². The quantitative estimate of drug-likeness (QED) is 0.225. The Bertz CT molecular complexity index is 1480. The molecule has 0 saturated heterocycles. The molecule has 0 atom stereocenters. The topological polar surface area (TPSA) is 75.4 Å². The summed E-state index contributed by atoms with van der Waals surface area (Å²) in [6.45, 7) is 5.29. The van der Waals surface area contributed by atoms with E-state index in [0.29, 0.717) is 23.6 Å². The predicted octanol–water partition coefficient (Wildman–Crippen LogP) is 7.73. The number of amides is 1. The summed E-state index contributed by atoms with van der Waals surface area (Å²) in [6.07, 6.45) is 9.23. The monoisotopic (exact) mass is 537 g/mol. The largest absolute Gasteiger partial charge is 0.478 e. The second-order valence-corrected chi connectivity index (χ2v) is 11.1. The van der Waals surface area contributed by atoms with Gasteiger partial charge in [-0.2, -0.15) is 0 Å². The van der Waals surface area contributed by atoms with Crippen molar-refractivity contribution in [3.8, 4) is 11.1 Å². The lowest BCUT2D eigenvalue weighted by molar-refractivity contribution is -0.116. The van der Waals surface area contributed by atoms with Crippen LogP contribution in [0.4, 0.5) is 5.69 Å². The molecule has 1 aliphatic carbocycles. The summed E-state index contributed by atoms with van der Waals surface area (Å²) in [5.41, 5.74) is 5.94. The number of aryl methyl sites for hydroxylation is 1. The molecule has 1 N–H and O–H groups in total. The van der Waals surface area contributed by atoms with Gasteiger partial charge in [0.15, 0.2) is 0 Å². The number of benzene rings is 3. The normalized spacial score (nSPS) is 13.9. The number of hydrogen-bond donors (Lipinski definition) is 1. The molecule has 1 aliphatic rings. The smallest absolute Gasteiger partial charge is 0.336 e. The Kier molecular flexibility index (Phi) is 8.63. The summed E-state index contributed by atoms with van der Waals surface area (Å²) in [5.74, 6) is 0.766. The molecule has 0 spiro atoms. The van der Waals surface area contributed by atoms with Gasteiger partial charge >= 0.3 is 5.97 Å². The fourth-order valence-corrected chi connectivity index (χ4v) is 5.97. The number of anilines is 1. The Morgan fingerprint density at radius 1 is 1.00 bits per heavy atom. The summed E-state index contributed by atoms with van der Waals surface area (Å²) in [5, 5.41) is 9.61. The zero-order valence-electron chi connectivity index (χ0n) is 23.6. The van der Waals surface area contributed by atoms with Crippen molar-refractivity contribution in [3.05, 3.63) is 83.7 Å². The maximum Gasteiger partial charge on any atom is 0.336 e. The molecule has 0 radical (unpaired) electrons. The molecule has 1 heterocycles.